The number of rotatable bonds is 9. The number of carbonyl (C=O) groups excluding carboxylic acids is 3. The highest BCUT2D eigenvalue weighted by molar-refractivity contribution is 7.99. The van der Waals surface area contributed by atoms with Crippen molar-refractivity contribution in [2.24, 2.45) is 0 Å². The summed E-state index contributed by atoms with van der Waals surface area (Å²) in [5, 5.41) is 0. The predicted molar refractivity (Wildman–Crippen MR) is 160 cm³/mol. The van der Waals surface area contributed by atoms with Crippen molar-refractivity contribution in [3.63, 3.8) is 0 Å². The average Bonchev–Trinajstić information content (AvgIpc) is 3.01. The smallest absolute Gasteiger partial charge is 0.337 e. The van der Waals surface area contributed by atoms with Gasteiger partial charge >= 0.3 is 5.97 Å². The molecule has 0 aliphatic rings. The number of hydrogen-bond acceptors (Lipinski definition) is 5. The van der Waals surface area contributed by atoms with E-state index in [4.69, 9.17) is 4.74 Å². The van der Waals surface area contributed by atoms with E-state index in [1.165, 1.54) is 12.7 Å². The van der Waals surface area contributed by atoms with Crippen molar-refractivity contribution < 1.29 is 19.1 Å². The summed E-state index contributed by atoms with van der Waals surface area (Å²) in [6.07, 6.45) is 1.54. The molecule has 4 rings (SSSR count). The van der Waals surface area contributed by atoms with Crippen LogP contribution in [0.1, 0.15) is 49.9 Å². The Morgan fingerprint density at radius 3 is 2.08 bits per heavy atom. The lowest BCUT2D eigenvalue weighted by molar-refractivity contribution is -0.110. The third-order valence-electron chi connectivity index (χ3n) is 6.02. The van der Waals surface area contributed by atoms with Gasteiger partial charge in [0.2, 0.25) is 6.41 Å². The molecule has 204 valence electrons. The number of hydrogen-bond donors (Lipinski definition) is 2. The number of esters is 1. The van der Waals surface area contributed by atoms with Gasteiger partial charge in [-0.05, 0) is 77.6 Å². The minimum Gasteiger partial charge on any atom is -0.465 e. The second-order valence-electron chi connectivity index (χ2n) is 8.68. The van der Waals surface area contributed by atoms with Crippen LogP contribution >= 0.6 is 11.8 Å². The molecular formula is C33H32N2O4S. The van der Waals surface area contributed by atoms with Gasteiger partial charge in [0.25, 0.3) is 5.91 Å². The predicted octanol–water partition coefficient (Wildman–Crippen LogP) is 6.63. The van der Waals surface area contributed by atoms with E-state index < -0.39 is 0 Å². The van der Waals surface area contributed by atoms with E-state index in [1.54, 1.807) is 36.0 Å². The van der Waals surface area contributed by atoms with E-state index in [2.05, 4.69) is 48.6 Å². The number of ether oxygens (including phenoxy) is 1. The van der Waals surface area contributed by atoms with Crippen LogP contribution in [0.2, 0.25) is 0 Å². The molecule has 4 aromatic carbocycles. The van der Waals surface area contributed by atoms with Crippen molar-refractivity contribution in [2.45, 2.75) is 30.1 Å². The van der Waals surface area contributed by atoms with Gasteiger partial charge in [0.05, 0.1) is 12.7 Å². The fourth-order valence-electron chi connectivity index (χ4n) is 3.79. The Bertz CT molecular complexity index is 1470. The number of carbonyl (C=O) groups is 3. The molecular weight excluding hydrogens is 520 g/mol. The van der Waals surface area contributed by atoms with E-state index in [0.29, 0.717) is 17.5 Å². The summed E-state index contributed by atoms with van der Waals surface area (Å²) in [6.45, 7) is 8.35. The Morgan fingerprint density at radius 1 is 0.850 bits per heavy atom. The van der Waals surface area contributed by atoms with Crippen LogP contribution in [0, 0.1) is 6.92 Å². The van der Waals surface area contributed by atoms with Gasteiger partial charge in [-0.25, -0.2) is 4.79 Å². The molecule has 0 aliphatic carbocycles. The van der Waals surface area contributed by atoms with E-state index >= 15 is 0 Å². The molecule has 0 heterocycles. The van der Waals surface area contributed by atoms with Crippen LogP contribution in [0.15, 0.2) is 113 Å². The van der Waals surface area contributed by atoms with Gasteiger partial charge in [0.15, 0.2) is 0 Å². The molecule has 0 bridgehead atoms. The summed E-state index contributed by atoms with van der Waals surface area (Å²) >= 11 is 1.58. The second-order valence-corrected chi connectivity index (χ2v) is 9.77. The largest absolute Gasteiger partial charge is 0.465 e. The zero-order chi connectivity index (χ0) is 28.9. The highest BCUT2D eigenvalue weighted by Gasteiger charge is 2.13. The molecule has 0 fully saturated rings. The molecule has 0 spiro atoms. The fraction of sp³-hybridized carbons (Fsp3) is 0.121. The van der Waals surface area contributed by atoms with Crippen LogP contribution in [-0.2, 0) is 16.0 Å². The summed E-state index contributed by atoms with van der Waals surface area (Å²) in [4.78, 5) is 36.1. The first-order chi connectivity index (χ1) is 19.4. The molecule has 0 atom stereocenters. The Balaban J connectivity index is 0.000000472. The first-order valence-corrected chi connectivity index (χ1v) is 13.5. The summed E-state index contributed by atoms with van der Waals surface area (Å²) < 4.78 is 4.75. The van der Waals surface area contributed by atoms with Gasteiger partial charge in [-0.2, -0.15) is 0 Å². The Hall–Kier alpha value is -4.62. The molecule has 2 N–H and O–H groups in total. The second kappa shape index (κ2) is 15.1. The number of nitrogens with one attached hydrogen (secondary N) is 2. The van der Waals surface area contributed by atoms with Crippen LogP contribution in [-0.4, -0.2) is 25.4 Å². The summed E-state index contributed by atoms with van der Waals surface area (Å²) in [5.74, 6) is -0.770. The lowest BCUT2D eigenvalue weighted by Crippen LogP contribution is -2.36. The van der Waals surface area contributed by atoms with Crippen LogP contribution < -0.4 is 10.9 Å². The average molecular weight is 553 g/mol. The maximum Gasteiger partial charge on any atom is 0.337 e. The SMILES string of the molecule is C=C(c1ccc(C(=O)OC)cc1)c1ccccc1Sc1ccc(C(=O)NNC=O)cc1C.CCc1ccccc1. The normalized spacial score (nSPS) is 9.97. The molecule has 0 radical (unpaired) electrons. The molecule has 0 saturated heterocycles. The van der Waals surface area contributed by atoms with Crippen LogP contribution in [0.3, 0.4) is 0 Å². The number of amides is 2. The number of methoxy groups -OCH3 is 1. The highest BCUT2D eigenvalue weighted by atomic mass is 32.2. The number of aryl methyl sites for hydroxylation is 2. The zero-order valence-electron chi connectivity index (χ0n) is 22.8. The number of benzene rings is 4. The Morgan fingerprint density at radius 2 is 1.48 bits per heavy atom. The van der Waals surface area contributed by atoms with Crippen LogP contribution in [0.5, 0.6) is 0 Å². The topological polar surface area (TPSA) is 84.5 Å². The Labute approximate surface area is 239 Å². The molecule has 0 unspecified atom stereocenters. The highest BCUT2D eigenvalue weighted by Crippen LogP contribution is 2.37. The van der Waals surface area contributed by atoms with E-state index in [9.17, 15) is 14.4 Å². The first kappa shape index (κ1) is 29.9. The van der Waals surface area contributed by atoms with Crippen LogP contribution in [0.4, 0.5) is 0 Å². The van der Waals surface area contributed by atoms with Gasteiger partial charge in [-0.15, -0.1) is 0 Å². The molecule has 4 aromatic rings. The number of hydrazine groups is 1. The van der Waals surface area contributed by atoms with Crippen molar-refractivity contribution in [2.75, 3.05) is 7.11 Å². The summed E-state index contributed by atoms with van der Waals surface area (Å²) in [5.41, 5.74) is 10.4. The monoisotopic (exact) mass is 552 g/mol. The van der Waals surface area contributed by atoms with Gasteiger partial charge in [0, 0.05) is 15.4 Å². The maximum absolute atomic E-state index is 12.0. The summed E-state index contributed by atoms with van der Waals surface area (Å²) in [7, 11) is 1.35. The molecule has 0 saturated carbocycles. The van der Waals surface area contributed by atoms with Crippen molar-refractivity contribution >= 4 is 35.6 Å². The first-order valence-electron chi connectivity index (χ1n) is 12.7. The lowest BCUT2D eigenvalue weighted by Gasteiger charge is -2.14. The van der Waals surface area contributed by atoms with E-state index in [1.807, 2.05) is 55.5 Å². The fourth-order valence-corrected chi connectivity index (χ4v) is 4.83. The van der Waals surface area contributed by atoms with E-state index in [-0.39, 0.29) is 11.9 Å². The quantitative estimate of drug-likeness (QED) is 0.138. The van der Waals surface area contributed by atoms with Crippen molar-refractivity contribution in [1.82, 2.24) is 10.9 Å². The van der Waals surface area contributed by atoms with E-state index in [0.717, 1.165) is 38.5 Å². The van der Waals surface area contributed by atoms with Crippen molar-refractivity contribution in [1.29, 1.82) is 0 Å². The molecule has 0 aliphatic heterocycles. The lowest BCUT2D eigenvalue weighted by atomic mass is 9.98. The van der Waals surface area contributed by atoms with Gasteiger partial charge in [-0.1, -0.05) is 85.9 Å². The van der Waals surface area contributed by atoms with Crippen LogP contribution in [0.25, 0.3) is 5.57 Å². The molecule has 2 amide bonds. The molecule has 0 aromatic heterocycles. The molecule has 40 heavy (non-hydrogen) atoms. The zero-order valence-corrected chi connectivity index (χ0v) is 23.6. The molecule has 7 heteroatoms. The summed E-state index contributed by atoms with van der Waals surface area (Å²) in [6, 6.07) is 30.9. The third-order valence-corrected chi connectivity index (χ3v) is 7.27. The van der Waals surface area contributed by atoms with Crippen molar-refractivity contribution in [3.05, 3.63) is 137 Å². The third kappa shape index (κ3) is 8.19. The molecule has 6 nitrogen and oxygen atoms in total. The van der Waals surface area contributed by atoms with Gasteiger partial charge < -0.3 is 4.74 Å². The standard InChI is InChI=1S/C25H22N2O4S.C8H10/c1-16-14-20(24(29)27-26-15-28)12-13-22(16)32-23-7-5-4-6-21(23)17(2)18-8-10-19(11-9-18)25(30)31-3;1-2-8-6-4-3-5-7-8/h4-15H,2H2,1,3H3,(H,26,28)(H,27,29);3-7H,2H2,1H3. The van der Waals surface area contributed by atoms with Gasteiger partial charge in [-0.3, -0.25) is 20.4 Å². The minimum atomic E-state index is -0.388. The minimum absolute atomic E-state index is 0.382. The van der Waals surface area contributed by atoms with Gasteiger partial charge in [0.1, 0.15) is 0 Å². The maximum atomic E-state index is 12.0. The Kier molecular flexibility index (Phi) is 11.3. The van der Waals surface area contributed by atoms with Crippen molar-refractivity contribution in [3.8, 4) is 0 Å².